The number of carbonyl (C=O) groups is 1. The van der Waals surface area contributed by atoms with Crippen LogP contribution in [0, 0.1) is 18.7 Å². The lowest BCUT2D eigenvalue weighted by Gasteiger charge is -2.18. The van der Waals surface area contributed by atoms with E-state index in [2.05, 4.69) is 43.9 Å². The van der Waals surface area contributed by atoms with Crippen LogP contribution in [0.5, 0.6) is 0 Å². The second kappa shape index (κ2) is 8.65. The van der Waals surface area contributed by atoms with Crippen LogP contribution < -0.4 is 5.32 Å². The molecule has 0 radical (unpaired) electrons. The molecule has 2 aliphatic rings. The maximum absolute atomic E-state index is 14.9. The standard InChI is InChI=1S/C27H28FN7O/c1-15(2)22-9-10-25-32-33-26(35(22)25)20-5-4-6-24(30-20)31-27(36)18-12-23(16(3)11-19(18)28)34-13-21(29-14-34)17-7-8-17/h4-6,11-15,17,22H,7-10H2,1-3H3,(H,30,31,36). The molecule has 8 nitrogen and oxygen atoms in total. The Bertz CT molecular complexity index is 1470. The van der Waals surface area contributed by atoms with E-state index < -0.39 is 11.7 Å². The van der Waals surface area contributed by atoms with E-state index in [1.807, 2.05) is 23.8 Å². The number of halogens is 1. The van der Waals surface area contributed by atoms with Gasteiger partial charge in [0.1, 0.15) is 23.2 Å². The molecule has 184 valence electrons. The number of fused-ring (bicyclic) bond motifs is 1. The summed E-state index contributed by atoms with van der Waals surface area (Å²) >= 11 is 0. The number of nitrogens with one attached hydrogen (secondary N) is 1. The number of rotatable bonds is 6. The predicted octanol–water partition coefficient (Wildman–Crippen LogP) is 5.25. The fraction of sp³-hybridized carbons (Fsp3) is 0.370. The van der Waals surface area contributed by atoms with Gasteiger partial charge in [0.25, 0.3) is 5.91 Å². The Morgan fingerprint density at radius 2 is 2.00 bits per heavy atom. The Labute approximate surface area is 208 Å². The lowest BCUT2D eigenvalue weighted by molar-refractivity contribution is 0.102. The second-order valence-corrected chi connectivity index (χ2v) is 10.1. The summed E-state index contributed by atoms with van der Waals surface area (Å²) in [7, 11) is 0. The Morgan fingerprint density at radius 3 is 2.78 bits per heavy atom. The molecule has 1 aliphatic carbocycles. The van der Waals surface area contributed by atoms with E-state index in [-0.39, 0.29) is 5.56 Å². The van der Waals surface area contributed by atoms with Gasteiger partial charge in [-0.15, -0.1) is 10.2 Å². The third-order valence-corrected chi connectivity index (χ3v) is 7.16. The van der Waals surface area contributed by atoms with Crippen molar-refractivity contribution in [3.05, 3.63) is 71.3 Å². The number of pyridine rings is 1. The van der Waals surface area contributed by atoms with Crippen molar-refractivity contribution in [2.75, 3.05) is 5.32 Å². The Hall–Kier alpha value is -3.88. The number of imidazole rings is 1. The molecular formula is C27H28FN7O. The van der Waals surface area contributed by atoms with Gasteiger partial charge in [0.2, 0.25) is 0 Å². The normalized spacial score (nSPS) is 17.0. The minimum Gasteiger partial charge on any atom is -0.306 e. The van der Waals surface area contributed by atoms with Crippen molar-refractivity contribution in [1.82, 2.24) is 29.3 Å². The first-order valence-corrected chi connectivity index (χ1v) is 12.5. The lowest BCUT2D eigenvalue weighted by Crippen LogP contribution is -2.16. The van der Waals surface area contributed by atoms with E-state index in [4.69, 9.17) is 0 Å². The highest BCUT2D eigenvalue weighted by molar-refractivity contribution is 6.04. The summed E-state index contributed by atoms with van der Waals surface area (Å²) < 4.78 is 18.9. The fourth-order valence-electron chi connectivity index (χ4n) is 5.04. The van der Waals surface area contributed by atoms with Crippen molar-refractivity contribution in [3.63, 3.8) is 0 Å². The monoisotopic (exact) mass is 485 g/mol. The van der Waals surface area contributed by atoms with Crippen LogP contribution in [0.15, 0.2) is 42.9 Å². The molecule has 0 saturated heterocycles. The highest BCUT2D eigenvalue weighted by atomic mass is 19.1. The summed E-state index contributed by atoms with van der Waals surface area (Å²) in [6, 6.07) is 8.61. The zero-order valence-corrected chi connectivity index (χ0v) is 20.6. The molecule has 3 aromatic heterocycles. The lowest BCUT2D eigenvalue weighted by atomic mass is 10.0. The number of aryl methyl sites for hydroxylation is 2. The summed E-state index contributed by atoms with van der Waals surface area (Å²) in [5.41, 5.74) is 3.05. The molecule has 0 spiro atoms. The first-order chi connectivity index (χ1) is 17.4. The van der Waals surface area contributed by atoms with E-state index in [0.29, 0.717) is 35.2 Å². The van der Waals surface area contributed by atoms with Crippen molar-refractivity contribution < 1.29 is 9.18 Å². The summed E-state index contributed by atoms with van der Waals surface area (Å²) in [4.78, 5) is 22.2. The highest BCUT2D eigenvalue weighted by Gasteiger charge is 2.30. The smallest absolute Gasteiger partial charge is 0.259 e. The molecule has 1 aliphatic heterocycles. The number of aromatic nitrogens is 6. The topological polar surface area (TPSA) is 90.5 Å². The van der Waals surface area contributed by atoms with Crippen LogP contribution in [-0.4, -0.2) is 35.2 Å². The molecule has 1 atom stereocenters. The van der Waals surface area contributed by atoms with Crippen LogP contribution >= 0.6 is 0 Å². The Morgan fingerprint density at radius 1 is 1.17 bits per heavy atom. The van der Waals surface area contributed by atoms with Gasteiger partial charge in [-0.2, -0.15) is 0 Å². The van der Waals surface area contributed by atoms with Crippen LogP contribution in [0.3, 0.4) is 0 Å². The quantitative estimate of drug-likeness (QED) is 0.403. The van der Waals surface area contributed by atoms with Crippen LogP contribution in [0.1, 0.15) is 72.5 Å². The van der Waals surface area contributed by atoms with Crippen LogP contribution in [0.2, 0.25) is 0 Å². The van der Waals surface area contributed by atoms with Crippen molar-refractivity contribution in [1.29, 1.82) is 0 Å². The molecule has 1 aromatic carbocycles. The van der Waals surface area contributed by atoms with Crippen molar-refractivity contribution in [3.8, 4) is 17.2 Å². The molecule has 36 heavy (non-hydrogen) atoms. The summed E-state index contributed by atoms with van der Waals surface area (Å²) in [6.45, 7) is 6.20. The van der Waals surface area contributed by atoms with Gasteiger partial charge in [0.05, 0.1) is 23.3 Å². The zero-order chi connectivity index (χ0) is 25.0. The second-order valence-electron chi connectivity index (χ2n) is 10.1. The molecule has 9 heteroatoms. The van der Waals surface area contributed by atoms with Gasteiger partial charge in [0, 0.05) is 24.6 Å². The molecule has 4 aromatic rings. The number of hydrogen-bond acceptors (Lipinski definition) is 5. The molecule has 0 bridgehead atoms. The molecule has 1 fully saturated rings. The van der Waals surface area contributed by atoms with Crippen LogP contribution in [0.4, 0.5) is 10.2 Å². The number of benzene rings is 1. The van der Waals surface area contributed by atoms with Crippen LogP contribution in [-0.2, 0) is 6.42 Å². The first kappa shape index (κ1) is 22.6. The van der Waals surface area contributed by atoms with E-state index >= 15 is 0 Å². The number of amides is 1. The molecule has 1 N–H and O–H groups in total. The van der Waals surface area contributed by atoms with Gasteiger partial charge in [-0.3, -0.25) is 4.79 Å². The van der Waals surface area contributed by atoms with Gasteiger partial charge in [-0.05, 0) is 61.9 Å². The molecule has 1 saturated carbocycles. The van der Waals surface area contributed by atoms with Gasteiger partial charge in [-0.1, -0.05) is 19.9 Å². The number of carbonyl (C=O) groups excluding carboxylic acids is 1. The average Bonchev–Trinajstić information content (AvgIpc) is 3.24. The van der Waals surface area contributed by atoms with Crippen molar-refractivity contribution in [2.45, 2.75) is 58.4 Å². The largest absolute Gasteiger partial charge is 0.306 e. The van der Waals surface area contributed by atoms with E-state index in [0.717, 1.165) is 48.5 Å². The minimum atomic E-state index is -0.581. The molecule has 1 amide bonds. The minimum absolute atomic E-state index is 0.0484. The molecular weight excluding hydrogens is 457 g/mol. The van der Waals surface area contributed by atoms with E-state index in [1.165, 1.54) is 6.07 Å². The Kier molecular flexibility index (Phi) is 5.43. The summed E-state index contributed by atoms with van der Waals surface area (Å²) in [5, 5.41) is 11.5. The Balaban J connectivity index is 1.28. The highest BCUT2D eigenvalue weighted by Crippen LogP contribution is 2.39. The SMILES string of the molecule is Cc1cc(F)c(C(=O)Nc2cccc(-c3nnc4n3C(C(C)C)CC4)n2)cc1-n1cnc(C2CC2)c1. The molecule has 4 heterocycles. The summed E-state index contributed by atoms with van der Waals surface area (Å²) in [5.74, 6) is 1.78. The number of nitrogens with zero attached hydrogens (tertiary/aromatic N) is 6. The van der Waals surface area contributed by atoms with E-state index in [1.54, 1.807) is 24.5 Å². The average molecular weight is 486 g/mol. The maximum atomic E-state index is 14.9. The molecule has 6 rings (SSSR count). The third-order valence-electron chi connectivity index (χ3n) is 7.16. The van der Waals surface area contributed by atoms with E-state index in [9.17, 15) is 9.18 Å². The maximum Gasteiger partial charge on any atom is 0.259 e. The zero-order valence-electron chi connectivity index (χ0n) is 20.6. The van der Waals surface area contributed by atoms with Gasteiger partial charge >= 0.3 is 0 Å². The fourth-order valence-corrected chi connectivity index (χ4v) is 5.04. The van der Waals surface area contributed by atoms with Gasteiger partial charge in [-0.25, -0.2) is 14.4 Å². The molecule has 1 unspecified atom stereocenters. The van der Waals surface area contributed by atoms with Gasteiger partial charge < -0.3 is 14.5 Å². The number of anilines is 1. The van der Waals surface area contributed by atoms with Crippen molar-refractivity contribution >= 4 is 11.7 Å². The van der Waals surface area contributed by atoms with Crippen molar-refractivity contribution in [2.24, 2.45) is 5.92 Å². The third kappa shape index (κ3) is 3.98. The summed E-state index contributed by atoms with van der Waals surface area (Å²) in [6.07, 6.45) is 7.90. The van der Waals surface area contributed by atoms with Gasteiger partial charge in [0.15, 0.2) is 5.82 Å². The van der Waals surface area contributed by atoms with Crippen LogP contribution in [0.25, 0.3) is 17.2 Å². The first-order valence-electron chi connectivity index (χ1n) is 12.5. The predicted molar refractivity (Wildman–Crippen MR) is 134 cm³/mol. The number of hydrogen-bond donors (Lipinski definition) is 1.